The van der Waals surface area contributed by atoms with Gasteiger partial charge < -0.3 is 0 Å². The van der Waals surface area contributed by atoms with E-state index in [-0.39, 0.29) is 0 Å². The van der Waals surface area contributed by atoms with Gasteiger partial charge in [0.1, 0.15) is 7.85 Å². The predicted octanol–water partition coefficient (Wildman–Crippen LogP) is 2.16. The lowest BCUT2D eigenvalue weighted by Crippen LogP contribution is -2.55. The molecule has 0 spiro atoms. The van der Waals surface area contributed by atoms with E-state index in [1.807, 2.05) is 0 Å². The Morgan fingerprint density at radius 1 is 0.944 bits per heavy atom. The fourth-order valence-corrected chi connectivity index (χ4v) is 3.61. The first-order valence-electron chi connectivity index (χ1n) is 8.15. The lowest BCUT2D eigenvalue weighted by molar-refractivity contribution is 0.0489. The molecular weight excluding hydrogens is 219 g/mol. The van der Waals surface area contributed by atoms with Crippen molar-refractivity contribution < 1.29 is 0 Å². The van der Waals surface area contributed by atoms with Crippen LogP contribution in [0.1, 0.15) is 52.4 Å². The van der Waals surface area contributed by atoms with Crippen molar-refractivity contribution in [3.63, 3.8) is 0 Å². The lowest BCUT2D eigenvalue weighted by Gasteiger charge is -2.43. The average Bonchev–Trinajstić information content (AvgIpc) is 2.35. The third kappa shape index (κ3) is 3.99. The summed E-state index contributed by atoms with van der Waals surface area (Å²) in [6, 6.07) is 1.56. The van der Waals surface area contributed by atoms with Gasteiger partial charge in [0.2, 0.25) is 0 Å². The van der Waals surface area contributed by atoms with E-state index in [2.05, 4.69) is 31.5 Å². The molecule has 0 aliphatic carbocycles. The van der Waals surface area contributed by atoms with Gasteiger partial charge in [-0.1, -0.05) is 31.5 Å². The Morgan fingerprint density at radius 3 is 2.50 bits per heavy atom. The van der Waals surface area contributed by atoms with Crippen LogP contribution in [0.2, 0.25) is 5.82 Å². The van der Waals surface area contributed by atoms with Gasteiger partial charge in [-0.3, -0.25) is 9.80 Å². The fraction of sp³-hybridized carbons (Fsp3) is 1.00. The second-order valence-electron chi connectivity index (χ2n) is 6.81. The van der Waals surface area contributed by atoms with Crippen LogP contribution in [0.4, 0.5) is 0 Å². The monoisotopic (exact) mass is 250 g/mol. The van der Waals surface area contributed by atoms with Gasteiger partial charge in [-0.2, -0.15) is 0 Å². The highest BCUT2D eigenvalue weighted by Gasteiger charge is 2.27. The molecule has 0 radical (unpaired) electrons. The van der Waals surface area contributed by atoms with E-state index in [9.17, 15) is 0 Å². The van der Waals surface area contributed by atoms with E-state index < -0.39 is 0 Å². The summed E-state index contributed by atoms with van der Waals surface area (Å²) in [5.41, 5.74) is 0. The highest BCUT2D eigenvalue weighted by atomic mass is 15.3. The zero-order valence-electron chi connectivity index (χ0n) is 12.7. The first-order chi connectivity index (χ1) is 8.66. The standard InChI is InChI=1S/C15H31BN2/c1-13(2)18-11-10-17-9-4-3-6-14(16)7-5-8-15(17)12-18/h13-15H,3-12,16H2,1-2H3. The molecule has 2 unspecified atom stereocenters. The second-order valence-corrected chi connectivity index (χ2v) is 6.81. The predicted molar refractivity (Wildman–Crippen MR) is 82.1 cm³/mol. The van der Waals surface area contributed by atoms with Crippen molar-refractivity contribution in [2.24, 2.45) is 0 Å². The largest absolute Gasteiger partial charge is 0.298 e. The molecule has 2 nitrogen and oxygen atoms in total. The van der Waals surface area contributed by atoms with Crippen LogP contribution < -0.4 is 0 Å². The average molecular weight is 250 g/mol. The minimum absolute atomic E-state index is 0.724. The van der Waals surface area contributed by atoms with Crippen LogP contribution in [-0.2, 0) is 0 Å². The zero-order valence-corrected chi connectivity index (χ0v) is 12.7. The summed E-state index contributed by atoms with van der Waals surface area (Å²) in [6.07, 6.45) is 8.63. The van der Waals surface area contributed by atoms with Gasteiger partial charge in [-0.25, -0.2) is 0 Å². The number of fused-ring (bicyclic) bond motifs is 1. The van der Waals surface area contributed by atoms with Gasteiger partial charge >= 0.3 is 0 Å². The zero-order chi connectivity index (χ0) is 13.0. The Balaban J connectivity index is 1.90. The van der Waals surface area contributed by atoms with Crippen LogP contribution in [0.25, 0.3) is 0 Å². The van der Waals surface area contributed by atoms with Gasteiger partial charge in [0.05, 0.1) is 0 Å². The van der Waals surface area contributed by atoms with Crippen molar-refractivity contribution in [1.29, 1.82) is 0 Å². The summed E-state index contributed by atoms with van der Waals surface area (Å²) in [6.45, 7) is 9.94. The van der Waals surface area contributed by atoms with E-state index in [0.717, 1.165) is 17.9 Å². The molecule has 2 aliphatic heterocycles. The Labute approximate surface area is 115 Å². The number of hydrogen-bond donors (Lipinski definition) is 0. The number of piperazine rings is 1. The maximum Gasteiger partial charge on any atom is 0.105 e. The smallest absolute Gasteiger partial charge is 0.105 e. The van der Waals surface area contributed by atoms with E-state index in [0.29, 0.717) is 0 Å². The van der Waals surface area contributed by atoms with E-state index in [4.69, 9.17) is 0 Å². The first kappa shape index (κ1) is 14.4. The molecule has 104 valence electrons. The normalized spacial score (nSPS) is 33.3. The molecule has 2 rings (SSSR count). The summed E-state index contributed by atoms with van der Waals surface area (Å²) in [4.78, 5) is 5.46. The van der Waals surface area contributed by atoms with Crippen LogP contribution in [0, 0.1) is 0 Å². The number of hydrogen-bond acceptors (Lipinski definition) is 2. The van der Waals surface area contributed by atoms with Crippen molar-refractivity contribution in [3.05, 3.63) is 0 Å². The van der Waals surface area contributed by atoms with Crippen molar-refractivity contribution in [2.45, 2.75) is 70.3 Å². The molecule has 0 N–H and O–H groups in total. The maximum absolute atomic E-state index is 2.79. The van der Waals surface area contributed by atoms with E-state index >= 15 is 0 Å². The first-order valence-corrected chi connectivity index (χ1v) is 8.15. The quantitative estimate of drug-likeness (QED) is 0.658. The molecular formula is C15H31BN2. The Bertz CT molecular complexity index is 245. The highest BCUT2D eigenvalue weighted by molar-refractivity contribution is 6.11. The molecule has 0 bridgehead atoms. The molecule has 0 aromatic rings. The fourth-order valence-electron chi connectivity index (χ4n) is 3.61. The van der Waals surface area contributed by atoms with Gasteiger partial charge in [0.15, 0.2) is 0 Å². The molecule has 2 atom stereocenters. The number of nitrogens with zero attached hydrogens (tertiary/aromatic N) is 2. The van der Waals surface area contributed by atoms with Crippen LogP contribution in [0.15, 0.2) is 0 Å². The minimum Gasteiger partial charge on any atom is -0.298 e. The van der Waals surface area contributed by atoms with Crippen molar-refractivity contribution in [3.8, 4) is 0 Å². The minimum atomic E-state index is 0.724. The van der Waals surface area contributed by atoms with Crippen molar-refractivity contribution >= 4 is 7.85 Å². The molecule has 0 amide bonds. The van der Waals surface area contributed by atoms with Gasteiger partial charge in [0, 0.05) is 31.7 Å². The Hall–Kier alpha value is -0.0151. The molecule has 2 fully saturated rings. The summed E-state index contributed by atoms with van der Waals surface area (Å²) in [5, 5.41) is 0. The molecule has 2 saturated heterocycles. The van der Waals surface area contributed by atoms with Crippen LogP contribution in [0.3, 0.4) is 0 Å². The molecule has 18 heavy (non-hydrogen) atoms. The third-order valence-corrected chi connectivity index (χ3v) is 4.99. The Kier molecular flexibility index (Phi) is 5.56. The summed E-state index contributed by atoms with van der Waals surface area (Å²) in [7, 11) is 2.45. The summed E-state index contributed by atoms with van der Waals surface area (Å²) < 4.78 is 0. The van der Waals surface area contributed by atoms with Crippen LogP contribution in [-0.4, -0.2) is 55.9 Å². The second kappa shape index (κ2) is 6.95. The van der Waals surface area contributed by atoms with Crippen molar-refractivity contribution in [2.75, 3.05) is 26.2 Å². The third-order valence-electron chi connectivity index (χ3n) is 4.99. The molecule has 2 aliphatic rings. The maximum atomic E-state index is 2.79. The summed E-state index contributed by atoms with van der Waals surface area (Å²) in [5.74, 6) is 0.960. The molecule has 0 saturated carbocycles. The SMILES string of the molecule is BC1CCCCN2CCN(C(C)C)CC2CCC1. The topological polar surface area (TPSA) is 6.48 Å². The Morgan fingerprint density at radius 2 is 1.72 bits per heavy atom. The number of rotatable bonds is 1. The molecule has 2 heterocycles. The van der Waals surface area contributed by atoms with Gasteiger partial charge in [-0.15, -0.1) is 0 Å². The lowest BCUT2D eigenvalue weighted by atomic mass is 9.78. The van der Waals surface area contributed by atoms with Gasteiger partial charge in [0.25, 0.3) is 0 Å². The van der Waals surface area contributed by atoms with Gasteiger partial charge in [-0.05, 0) is 33.2 Å². The van der Waals surface area contributed by atoms with Crippen LogP contribution in [0.5, 0.6) is 0 Å². The van der Waals surface area contributed by atoms with Crippen LogP contribution >= 0.6 is 0 Å². The van der Waals surface area contributed by atoms with Crippen molar-refractivity contribution in [1.82, 2.24) is 9.80 Å². The molecule has 3 heteroatoms. The van der Waals surface area contributed by atoms with E-state index in [1.54, 1.807) is 0 Å². The molecule has 0 aromatic heterocycles. The summed E-state index contributed by atoms with van der Waals surface area (Å²) >= 11 is 0. The highest BCUT2D eigenvalue weighted by Crippen LogP contribution is 2.24. The molecule has 0 aromatic carbocycles. The van der Waals surface area contributed by atoms with E-state index in [1.165, 1.54) is 64.7 Å².